The minimum atomic E-state index is -4.59. The highest BCUT2D eigenvalue weighted by Gasteiger charge is 2.58. The summed E-state index contributed by atoms with van der Waals surface area (Å²) in [5.41, 5.74) is 0.735. The first kappa shape index (κ1) is 30.3. The van der Waals surface area contributed by atoms with Gasteiger partial charge in [0.25, 0.3) is 0 Å². The van der Waals surface area contributed by atoms with Gasteiger partial charge in [0, 0.05) is 6.54 Å². The molecular weight excluding hydrogens is 579 g/mol. The van der Waals surface area contributed by atoms with Gasteiger partial charge in [-0.25, -0.2) is 4.79 Å². The highest BCUT2D eigenvalue weighted by molar-refractivity contribution is 5.99. The Morgan fingerprint density at radius 2 is 1.68 bits per heavy atom. The van der Waals surface area contributed by atoms with Gasteiger partial charge in [-0.05, 0) is 28.8 Å². The third-order valence-corrected chi connectivity index (χ3v) is 7.56. The van der Waals surface area contributed by atoms with Crippen LogP contribution in [0.5, 0.6) is 0 Å². The Bertz CT molecular complexity index is 1560. The van der Waals surface area contributed by atoms with E-state index in [1.807, 2.05) is 24.3 Å². The fourth-order valence-corrected chi connectivity index (χ4v) is 5.45. The van der Waals surface area contributed by atoms with Crippen molar-refractivity contribution in [2.24, 2.45) is 0 Å². The van der Waals surface area contributed by atoms with E-state index in [1.165, 1.54) is 17.0 Å². The van der Waals surface area contributed by atoms with Crippen molar-refractivity contribution in [3.63, 3.8) is 0 Å². The van der Waals surface area contributed by atoms with Crippen LogP contribution in [0.3, 0.4) is 0 Å². The first-order valence-electron chi connectivity index (χ1n) is 13.8. The van der Waals surface area contributed by atoms with Gasteiger partial charge in [-0.1, -0.05) is 84.9 Å². The molecule has 0 aliphatic carbocycles. The average Bonchev–Trinajstić information content (AvgIpc) is 3.38. The lowest BCUT2D eigenvalue weighted by molar-refractivity contribution is -0.165. The molecule has 4 atom stereocenters. The number of ether oxygens (including phenoxy) is 1. The quantitative estimate of drug-likeness (QED) is 0.324. The molecule has 0 bridgehead atoms. The van der Waals surface area contributed by atoms with E-state index in [0.717, 1.165) is 28.2 Å². The number of rotatable bonds is 10. The number of nitrogens with one attached hydrogen (secondary N) is 1. The maximum Gasteiger partial charge on any atom is 0.416 e. The molecule has 44 heavy (non-hydrogen) atoms. The first-order valence-corrected chi connectivity index (χ1v) is 13.8. The number of benzene rings is 3. The van der Waals surface area contributed by atoms with Gasteiger partial charge in [-0.15, -0.1) is 0 Å². The second-order valence-corrected chi connectivity index (χ2v) is 10.4. The standard InChI is InChI=1S/C32H28F3N3O6/c33-32(34,35)23-13-7-10-21(16-23)18-36-29(41)25(17-27(39)40)37-24(15-14-20-8-3-1-4-9-20)28(30(37)42)38-26(19-44-31(38)43)22-11-5-2-6-12-22/h1-16,24-26,28H,17-19H2,(H,36,41)(H,39,40)/t24?,25-,26-,28?/m1/s1. The Hall–Kier alpha value is -5.13. The third-order valence-electron chi connectivity index (χ3n) is 7.56. The van der Waals surface area contributed by atoms with Crippen LogP contribution in [0.25, 0.3) is 6.08 Å². The van der Waals surface area contributed by atoms with Gasteiger partial charge in [0.05, 0.1) is 24.1 Å². The van der Waals surface area contributed by atoms with Crippen molar-refractivity contribution in [1.82, 2.24) is 15.1 Å². The van der Waals surface area contributed by atoms with E-state index in [1.54, 1.807) is 48.6 Å². The van der Waals surface area contributed by atoms with Crippen LogP contribution in [0, 0.1) is 0 Å². The predicted octanol–water partition coefficient (Wildman–Crippen LogP) is 4.65. The fourth-order valence-electron chi connectivity index (χ4n) is 5.45. The van der Waals surface area contributed by atoms with Gasteiger partial charge in [0.15, 0.2) is 0 Å². The highest BCUT2D eigenvalue weighted by atomic mass is 19.4. The van der Waals surface area contributed by atoms with Gasteiger partial charge in [0.2, 0.25) is 11.8 Å². The molecule has 12 heteroatoms. The van der Waals surface area contributed by atoms with E-state index in [9.17, 15) is 37.5 Å². The van der Waals surface area contributed by atoms with Crippen LogP contribution in [0.1, 0.15) is 34.7 Å². The lowest BCUT2D eigenvalue weighted by Crippen LogP contribution is -2.74. The largest absolute Gasteiger partial charge is 0.481 e. The Morgan fingerprint density at radius 3 is 2.34 bits per heavy atom. The average molecular weight is 608 g/mol. The van der Waals surface area contributed by atoms with Crippen LogP contribution in [0.4, 0.5) is 18.0 Å². The highest BCUT2D eigenvalue weighted by Crippen LogP contribution is 2.39. The lowest BCUT2D eigenvalue weighted by Gasteiger charge is -2.52. The molecule has 3 aromatic carbocycles. The van der Waals surface area contributed by atoms with Crippen LogP contribution >= 0.6 is 0 Å². The molecule has 0 radical (unpaired) electrons. The number of halogens is 3. The first-order chi connectivity index (χ1) is 21.0. The number of alkyl halides is 3. The Morgan fingerprint density at radius 1 is 1.00 bits per heavy atom. The zero-order chi connectivity index (χ0) is 31.4. The topological polar surface area (TPSA) is 116 Å². The maximum atomic E-state index is 13.8. The van der Waals surface area contributed by atoms with E-state index >= 15 is 0 Å². The summed E-state index contributed by atoms with van der Waals surface area (Å²) in [5.74, 6) is -2.89. The van der Waals surface area contributed by atoms with E-state index in [-0.39, 0.29) is 18.7 Å². The van der Waals surface area contributed by atoms with E-state index < -0.39 is 66.2 Å². The van der Waals surface area contributed by atoms with Crippen LogP contribution in [-0.4, -0.2) is 63.5 Å². The molecule has 9 nitrogen and oxygen atoms in total. The SMILES string of the molecule is O=C(O)C[C@H](C(=O)NCc1cccc(C(F)(F)F)c1)N1C(=O)C(N2C(=O)OC[C@@H]2c2ccccc2)C1C=Cc1ccccc1. The minimum Gasteiger partial charge on any atom is -0.481 e. The Kier molecular flexibility index (Phi) is 8.70. The van der Waals surface area contributed by atoms with E-state index in [4.69, 9.17) is 4.74 Å². The smallest absolute Gasteiger partial charge is 0.416 e. The number of carbonyl (C=O) groups excluding carboxylic acids is 3. The number of β-lactam (4-membered cyclic amide) rings is 1. The molecule has 2 N–H and O–H groups in total. The molecule has 0 spiro atoms. The zero-order valence-electron chi connectivity index (χ0n) is 23.2. The number of cyclic esters (lactones) is 1. The van der Waals surface area contributed by atoms with E-state index in [2.05, 4.69) is 5.32 Å². The number of amides is 3. The van der Waals surface area contributed by atoms with Crippen molar-refractivity contribution < 1.29 is 42.2 Å². The molecule has 5 rings (SSSR count). The molecule has 2 aliphatic rings. The molecule has 2 saturated heterocycles. The Balaban J connectivity index is 1.44. The van der Waals surface area contributed by atoms with Gasteiger partial charge >= 0.3 is 18.2 Å². The van der Waals surface area contributed by atoms with Gasteiger partial charge in [-0.3, -0.25) is 19.3 Å². The summed E-state index contributed by atoms with van der Waals surface area (Å²) in [6.07, 6.45) is -2.75. The number of aliphatic carboxylic acids is 1. The van der Waals surface area contributed by atoms with Crippen molar-refractivity contribution in [2.45, 2.75) is 43.3 Å². The maximum absolute atomic E-state index is 13.8. The van der Waals surface area contributed by atoms with Crippen LogP contribution in [0.15, 0.2) is 91.0 Å². The molecule has 3 aromatic rings. The molecule has 2 unspecified atom stereocenters. The molecule has 3 amide bonds. The molecule has 0 aromatic heterocycles. The molecule has 2 aliphatic heterocycles. The summed E-state index contributed by atoms with van der Waals surface area (Å²) in [5, 5.41) is 12.1. The third kappa shape index (κ3) is 6.43. The summed E-state index contributed by atoms with van der Waals surface area (Å²) in [6.45, 7) is -0.332. The number of hydrogen-bond donors (Lipinski definition) is 2. The predicted molar refractivity (Wildman–Crippen MR) is 152 cm³/mol. The number of nitrogens with zero attached hydrogens (tertiary/aromatic N) is 2. The number of hydrogen-bond acceptors (Lipinski definition) is 5. The number of carbonyl (C=O) groups is 4. The van der Waals surface area contributed by atoms with Gasteiger partial charge < -0.3 is 20.1 Å². The summed E-state index contributed by atoms with van der Waals surface area (Å²) >= 11 is 0. The summed E-state index contributed by atoms with van der Waals surface area (Å²) < 4.78 is 44.8. The van der Waals surface area contributed by atoms with Crippen LogP contribution in [0.2, 0.25) is 0 Å². The van der Waals surface area contributed by atoms with Crippen molar-refractivity contribution in [1.29, 1.82) is 0 Å². The van der Waals surface area contributed by atoms with E-state index in [0.29, 0.717) is 0 Å². The van der Waals surface area contributed by atoms with Crippen molar-refractivity contribution in [2.75, 3.05) is 6.61 Å². The minimum absolute atomic E-state index is 0.00221. The van der Waals surface area contributed by atoms with Gasteiger partial charge in [0.1, 0.15) is 18.7 Å². The van der Waals surface area contributed by atoms with Gasteiger partial charge in [-0.2, -0.15) is 13.2 Å². The number of carboxylic acids is 1. The van der Waals surface area contributed by atoms with Crippen molar-refractivity contribution >= 4 is 30.0 Å². The summed E-state index contributed by atoms with van der Waals surface area (Å²) in [4.78, 5) is 54.4. The number of carboxylic acid groups (broad SMARTS) is 1. The lowest BCUT2D eigenvalue weighted by atomic mass is 9.87. The zero-order valence-corrected chi connectivity index (χ0v) is 23.2. The molecule has 2 heterocycles. The molecular formula is C32H28F3N3O6. The molecule has 2 fully saturated rings. The number of likely N-dealkylation sites (tertiary alicyclic amines) is 1. The van der Waals surface area contributed by atoms with Crippen molar-refractivity contribution in [3.05, 3.63) is 113 Å². The van der Waals surface area contributed by atoms with Crippen molar-refractivity contribution in [3.8, 4) is 0 Å². The normalized spacial score (nSPS) is 20.8. The molecule has 228 valence electrons. The van der Waals surface area contributed by atoms with Crippen LogP contribution < -0.4 is 5.32 Å². The molecule has 0 saturated carbocycles. The second kappa shape index (κ2) is 12.6. The summed E-state index contributed by atoms with van der Waals surface area (Å²) in [6, 6.07) is 18.3. The fraction of sp³-hybridized carbons (Fsp3) is 0.250. The van der Waals surface area contributed by atoms with Crippen LogP contribution in [-0.2, 0) is 31.8 Å². The summed E-state index contributed by atoms with van der Waals surface area (Å²) in [7, 11) is 0. The Labute approximate surface area is 250 Å². The monoisotopic (exact) mass is 607 g/mol. The second-order valence-electron chi connectivity index (χ2n) is 10.4.